The van der Waals surface area contributed by atoms with E-state index in [1.807, 2.05) is 0 Å². The lowest BCUT2D eigenvalue weighted by Gasteiger charge is -2.14. The van der Waals surface area contributed by atoms with Crippen LogP contribution in [0.5, 0.6) is 5.19 Å². The number of halogens is 1. The summed E-state index contributed by atoms with van der Waals surface area (Å²) in [5.74, 6) is 0.406. The minimum Gasteiger partial charge on any atom is -0.468 e. The van der Waals surface area contributed by atoms with Crippen LogP contribution in [0.1, 0.15) is 17.8 Å². The molecule has 1 aliphatic rings. The highest BCUT2D eigenvalue weighted by molar-refractivity contribution is 7.13. The van der Waals surface area contributed by atoms with Gasteiger partial charge in [-0.2, -0.15) is 0 Å². The van der Waals surface area contributed by atoms with Crippen molar-refractivity contribution in [2.75, 3.05) is 20.2 Å². The summed E-state index contributed by atoms with van der Waals surface area (Å²) in [7, 11) is 2.13. The number of rotatable bonds is 6. The van der Waals surface area contributed by atoms with E-state index in [4.69, 9.17) is 16.3 Å². The zero-order chi connectivity index (χ0) is 10.7. The molecule has 1 saturated carbocycles. The molecule has 0 bridgehead atoms. The number of nitrogens with zero attached hydrogens (tertiary/aromatic N) is 3. The van der Waals surface area contributed by atoms with Crippen LogP contribution >= 0.6 is 22.9 Å². The standard InChI is InChI=1S/C9H14ClN3OS/c1-13(7-2-3-7)4-5-14-9-12-11-8(6-10)15-9/h7H,2-6H2,1H3. The van der Waals surface area contributed by atoms with Crippen molar-refractivity contribution in [1.82, 2.24) is 15.1 Å². The average Bonchev–Trinajstić information content (AvgIpc) is 2.99. The maximum Gasteiger partial charge on any atom is 0.294 e. The van der Waals surface area contributed by atoms with Crippen molar-refractivity contribution in [1.29, 1.82) is 0 Å². The molecule has 1 heterocycles. The van der Waals surface area contributed by atoms with E-state index in [1.54, 1.807) is 0 Å². The van der Waals surface area contributed by atoms with Gasteiger partial charge in [0.2, 0.25) is 0 Å². The van der Waals surface area contributed by atoms with E-state index in [9.17, 15) is 0 Å². The van der Waals surface area contributed by atoms with Crippen LogP contribution in [0.2, 0.25) is 0 Å². The van der Waals surface area contributed by atoms with Crippen molar-refractivity contribution in [3.8, 4) is 5.19 Å². The highest BCUT2D eigenvalue weighted by Gasteiger charge is 2.25. The van der Waals surface area contributed by atoms with Crippen LogP contribution in [0, 0.1) is 0 Å². The Bertz CT molecular complexity index is 316. The molecule has 84 valence electrons. The topological polar surface area (TPSA) is 38.2 Å². The van der Waals surface area contributed by atoms with Crippen molar-refractivity contribution in [2.45, 2.75) is 24.8 Å². The molecule has 0 spiro atoms. The van der Waals surface area contributed by atoms with Crippen LogP contribution < -0.4 is 4.74 Å². The maximum absolute atomic E-state index is 5.62. The van der Waals surface area contributed by atoms with Crippen LogP contribution in [0.25, 0.3) is 0 Å². The largest absolute Gasteiger partial charge is 0.468 e. The van der Waals surface area contributed by atoms with E-state index >= 15 is 0 Å². The summed E-state index contributed by atoms with van der Waals surface area (Å²) in [6.45, 7) is 1.62. The van der Waals surface area contributed by atoms with E-state index in [1.165, 1.54) is 24.2 Å². The number of likely N-dealkylation sites (N-methyl/N-ethyl adjacent to an activating group) is 1. The minimum atomic E-state index is 0.406. The summed E-state index contributed by atoms with van der Waals surface area (Å²) >= 11 is 7.03. The van der Waals surface area contributed by atoms with Gasteiger partial charge in [0.05, 0.1) is 5.88 Å². The fourth-order valence-corrected chi connectivity index (χ4v) is 2.10. The smallest absolute Gasteiger partial charge is 0.294 e. The summed E-state index contributed by atoms with van der Waals surface area (Å²) in [6.07, 6.45) is 2.65. The van der Waals surface area contributed by atoms with Crippen molar-refractivity contribution < 1.29 is 4.74 Å². The van der Waals surface area contributed by atoms with Gasteiger partial charge >= 0.3 is 0 Å². The Morgan fingerprint density at radius 1 is 1.53 bits per heavy atom. The molecule has 6 heteroatoms. The summed E-state index contributed by atoms with van der Waals surface area (Å²) < 4.78 is 5.48. The van der Waals surface area contributed by atoms with Crippen molar-refractivity contribution in [3.63, 3.8) is 0 Å². The van der Waals surface area contributed by atoms with Crippen LogP contribution in [0.4, 0.5) is 0 Å². The van der Waals surface area contributed by atoms with Gasteiger partial charge < -0.3 is 9.64 Å². The molecular formula is C9H14ClN3OS. The first-order chi connectivity index (χ1) is 7.29. The summed E-state index contributed by atoms with van der Waals surface area (Å²) in [5, 5.41) is 9.19. The quantitative estimate of drug-likeness (QED) is 0.718. The molecule has 0 unspecified atom stereocenters. The molecule has 15 heavy (non-hydrogen) atoms. The molecule has 4 nitrogen and oxygen atoms in total. The molecule has 1 aromatic heterocycles. The minimum absolute atomic E-state index is 0.406. The van der Waals surface area contributed by atoms with Crippen molar-refractivity contribution in [2.24, 2.45) is 0 Å². The predicted molar refractivity (Wildman–Crippen MR) is 60.6 cm³/mol. The second kappa shape index (κ2) is 5.09. The van der Waals surface area contributed by atoms with Gasteiger partial charge in [0, 0.05) is 12.6 Å². The number of ether oxygens (including phenoxy) is 1. The molecule has 1 aliphatic carbocycles. The number of hydrogen-bond acceptors (Lipinski definition) is 5. The maximum atomic E-state index is 5.62. The van der Waals surface area contributed by atoms with Crippen LogP contribution in [0.15, 0.2) is 0 Å². The third-order valence-electron chi connectivity index (χ3n) is 2.40. The molecule has 2 rings (SSSR count). The van der Waals surface area contributed by atoms with Gasteiger partial charge in [0.1, 0.15) is 11.6 Å². The fourth-order valence-electron chi connectivity index (χ4n) is 1.33. The first kappa shape index (κ1) is 11.1. The SMILES string of the molecule is CN(CCOc1nnc(CCl)s1)C1CC1. The predicted octanol–water partition coefficient (Wildman–Crippen LogP) is 1.75. The first-order valence-electron chi connectivity index (χ1n) is 5.01. The second-order valence-corrected chi connectivity index (χ2v) is 4.95. The van der Waals surface area contributed by atoms with E-state index in [0.717, 1.165) is 17.6 Å². The van der Waals surface area contributed by atoms with E-state index in [2.05, 4.69) is 22.1 Å². The molecule has 0 atom stereocenters. The molecule has 1 fully saturated rings. The van der Waals surface area contributed by atoms with Gasteiger partial charge in [-0.1, -0.05) is 11.3 Å². The molecule has 0 aliphatic heterocycles. The fraction of sp³-hybridized carbons (Fsp3) is 0.778. The molecule has 1 aromatic rings. The molecular weight excluding hydrogens is 234 g/mol. The van der Waals surface area contributed by atoms with Crippen LogP contribution in [0.3, 0.4) is 0 Å². The number of aromatic nitrogens is 2. The lowest BCUT2D eigenvalue weighted by Crippen LogP contribution is -2.26. The van der Waals surface area contributed by atoms with Gasteiger partial charge in [-0.05, 0) is 19.9 Å². The Hall–Kier alpha value is -0.390. The normalized spacial score (nSPS) is 15.9. The zero-order valence-corrected chi connectivity index (χ0v) is 10.2. The number of hydrogen-bond donors (Lipinski definition) is 0. The molecule has 0 amide bonds. The third kappa shape index (κ3) is 3.29. The van der Waals surface area contributed by atoms with Crippen molar-refractivity contribution in [3.05, 3.63) is 5.01 Å². The van der Waals surface area contributed by atoms with Gasteiger partial charge in [0.15, 0.2) is 0 Å². The van der Waals surface area contributed by atoms with Crippen LogP contribution in [-0.2, 0) is 5.88 Å². The summed E-state index contributed by atoms with van der Waals surface area (Å²) in [5.41, 5.74) is 0. The highest BCUT2D eigenvalue weighted by atomic mass is 35.5. The first-order valence-corrected chi connectivity index (χ1v) is 6.36. The second-order valence-electron chi connectivity index (χ2n) is 3.66. The monoisotopic (exact) mass is 247 g/mol. The lowest BCUT2D eigenvalue weighted by atomic mass is 10.5. The molecule has 0 N–H and O–H groups in total. The highest BCUT2D eigenvalue weighted by Crippen LogP contribution is 2.25. The lowest BCUT2D eigenvalue weighted by molar-refractivity contribution is 0.230. The Balaban J connectivity index is 1.68. The number of alkyl halides is 1. The Morgan fingerprint density at radius 2 is 2.33 bits per heavy atom. The zero-order valence-electron chi connectivity index (χ0n) is 8.65. The van der Waals surface area contributed by atoms with Crippen molar-refractivity contribution >= 4 is 22.9 Å². The van der Waals surface area contributed by atoms with E-state index in [0.29, 0.717) is 17.7 Å². The summed E-state index contributed by atoms with van der Waals surface area (Å²) in [6, 6.07) is 0.779. The Kier molecular flexibility index (Phi) is 3.77. The summed E-state index contributed by atoms with van der Waals surface area (Å²) in [4.78, 5) is 2.32. The molecule has 0 aromatic carbocycles. The third-order valence-corrected chi connectivity index (χ3v) is 3.65. The van der Waals surface area contributed by atoms with E-state index < -0.39 is 0 Å². The van der Waals surface area contributed by atoms with Crippen LogP contribution in [-0.4, -0.2) is 41.3 Å². The Labute approximate surface area is 98.2 Å². The van der Waals surface area contributed by atoms with E-state index in [-0.39, 0.29) is 0 Å². The molecule has 0 saturated heterocycles. The Morgan fingerprint density at radius 3 is 2.93 bits per heavy atom. The van der Waals surface area contributed by atoms with Gasteiger partial charge in [-0.3, -0.25) is 0 Å². The molecule has 0 radical (unpaired) electrons. The van der Waals surface area contributed by atoms with Gasteiger partial charge in [-0.25, -0.2) is 0 Å². The van der Waals surface area contributed by atoms with Gasteiger partial charge in [0.25, 0.3) is 5.19 Å². The van der Waals surface area contributed by atoms with Gasteiger partial charge in [-0.15, -0.1) is 21.8 Å². The average molecular weight is 248 g/mol.